The van der Waals surface area contributed by atoms with Crippen molar-refractivity contribution < 1.29 is 0 Å². The number of hydrogen-bond acceptors (Lipinski definition) is 2. The molecule has 90 valence electrons. The average molecular weight is 228 g/mol. The summed E-state index contributed by atoms with van der Waals surface area (Å²) in [5.74, 6) is 0. The molecule has 1 aromatic heterocycles. The Morgan fingerprint density at radius 2 is 1.82 bits per heavy atom. The van der Waals surface area contributed by atoms with Gasteiger partial charge in [0.25, 0.3) is 0 Å². The van der Waals surface area contributed by atoms with Gasteiger partial charge in [0.05, 0.1) is 5.52 Å². The fraction of sp³-hybridized carbons (Fsp3) is 0.400. The molecule has 0 unspecified atom stereocenters. The Kier molecular flexibility index (Phi) is 2.82. The zero-order chi connectivity index (χ0) is 12.6. The highest BCUT2D eigenvalue weighted by atomic mass is 14.8. The molecule has 17 heavy (non-hydrogen) atoms. The SMILES string of the molecule is CNc1cc(C)nc2ccc(C(C)(C)C)cc12. The smallest absolute Gasteiger partial charge is 0.0726 e. The van der Waals surface area contributed by atoms with E-state index in [-0.39, 0.29) is 5.41 Å². The maximum atomic E-state index is 4.57. The molecule has 0 radical (unpaired) electrons. The molecule has 2 heteroatoms. The van der Waals surface area contributed by atoms with E-state index >= 15 is 0 Å². The zero-order valence-corrected chi connectivity index (χ0v) is 11.3. The number of rotatable bonds is 1. The number of anilines is 1. The lowest BCUT2D eigenvalue weighted by molar-refractivity contribution is 0.591. The maximum absolute atomic E-state index is 4.57. The summed E-state index contributed by atoms with van der Waals surface area (Å²) in [5, 5.41) is 4.45. The Labute approximate surface area is 103 Å². The number of fused-ring (bicyclic) bond motifs is 1. The highest BCUT2D eigenvalue weighted by molar-refractivity contribution is 5.92. The fourth-order valence-corrected chi connectivity index (χ4v) is 2.03. The van der Waals surface area contributed by atoms with Crippen LogP contribution >= 0.6 is 0 Å². The third-order valence-electron chi connectivity index (χ3n) is 3.07. The largest absolute Gasteiger partial charge is 0.388 e. The summed E-state index contributed by atoms with van der Waals surface area (Å²) in [7, 11) is 1.96. The van der Waals surface area contributed by atoms with Gasteiger partial charge >= 0.3 is 0 Å². The Bertz CT molecular complexity index is 551. The molecule has 0 aliphatic heterocycles. The van der Waals surface area contributed by atoms with Gasteiger partial charge in [-0.15, -0.1) is 0 Å². The Balaban J connectivity index is 2.72. The Morgan fingerprint density at radius 1 is 1.12 bits per heavy atom. The van der Waals surface area contributed by atoms with Crippen molar-refractivity contribution in [3.8, 4) is 0 Å². The van der Waals surface area contributed by atoms with E-state index in [0.29, 0.717) is 0 Å². The van der Waals surface area contributed by atoms with Crippen LogP contribution < -0.4 is 5.32 Å². The van der Waals surface area contributed by atoms with Crippen molar-refractivity contribution in [2.75, 3.05) is 12.4 Å². The topological polar surface area (TPSA) is 24.9 Å². The number of nitrogens with one attached hydrogen (secondary N) is 1. The van der Waals surface area contributed by atoms with Crippen LogP contribution in [0.2, 0.25) is 0 Å². The molecule has 0 saturated carbocycles. The monoisotopic (exact) mass is 228 g/mol. The summed E-state index contributed by atoms with van der Waals surface area (Å²) >= 11 is 0. The van der Waals surface area contributed by atoms with E-state index < -0.39 is 0 Å². The van der Waals surface area contributed by atoms with Gasteiger partial charge in [0, 0.05) is 23.8 Å². The first-order chi connectivity index (χ1) is 7.91. The lowest BCUT2D eigenvalue weighted by Gasteiger charge is -2.20. The standard InChI is InChI=1S/C15H20N2/c1-10-8-14(16-5)12-9-11(15(2,3)4)6-7-13(12)17-10/h6-9H,1-5H3,(H,16,17). The Hall–Kier alpha value is -1.57. The molecule has 0 bridgehead atoms. The third kappa shape index (κ3) is 2.26. The van der Waals surface area contributed by atoms with Gasteiger partial charge in [0.1, 0.15) is 0 Å². The van der Waals surface area contributed by atoms with E-state index in [0.717, 1.165) is 16.9 Å². The maximum Gasteiger partial charge on any atom is 0.0726 e. The first-order valence-electron chi connectivity index (χ1n) is 6.01. The molecule has 1 N–H and O–H groups in total. The van der Waals surface area contributed by atoms with E-state index in [4.69, 9.17) is 0 Å². The van der Waals surface area contributed by atoms with E-state index in [9.17, 15) is 0 Å². The van der Waals surface area contributed by atoms with Crippen molar-refractivity contribution in [2.24, 2.45) is 0 Å². The number of aryl methyl sites for hydroxylation is 1. The molecular weight excluding hydrogens is 208 g/mol. The highest BCUT2D eigenvalue weighted by Gasteiger charge is 2.14. The van der Waals surface area contributed by atoms with E-state index in [1.165, 1.54) is 10.9 Å². The molecule has 0 fully saturated rings. The molecule has 2 aromatic rings. The minimum Gasteiger partial charge on any atom is -0.388 e. The van der Waals surface area contributed by atoms with Crippen LogP contribution in [0.15, 0.2) is 24.3 Å². The van der Waals surface area contributed by atoms with Crippen molar-refractivity contribution in [3.63, 3.8) is 0 Å². The van der Waals surface area contributed by atoms with Crippen LogP contribution in [-0.4, -0.2) is 12.0 Å². The summed E-state index contributed by atoms with van der Waals surface area (Å²) in [6, 6.07) is 8.63. The molecule has 0 aliphatic carbocycles. The normalized spacial score (nSPS) is 11.8. The quantitative estimate of drug-likeness (QED) is 0.801. The summed E-state index contributed by atoms with van der Waals surface area (Å²) in [6.07, 6.45) is 0. The van der Waals surface area contributed by atoms with E-state index in [1.807, 2.05) is 14.0 Å². The molecule has 2 rings (SSSR count). The van der Waals surface area contributed by atoms with Gasteiger partial charge in [-0.2, -0.15) is 0 Å². The lowest BCUT2D eigenvalue weighted by Crippen LogP contribution is -2.11. The second-order valence-electron chi connectivity index (χ2n) is 5.54. The average Bonchev–Trinajstić information content (AvgIpc) is 2.25. The summed E-state index contributed by atoms with van der Waals surface area (Å²) in [4.78, 5) is 4.57. The van der Waals surface area contributed by atoms with Crippen LogP contribution in [-0.2, 0) is 5.41 Å². The fourth-order valence-electron chi connectivity index (χ4n) is 2.03. The predicted molar refractivity (Wildman–Crippen MR) is 74.7 cm³/mol. The zero-order valence-electron chi connectivity index (χ0n) is 11.3. The number of pyridine rings is 1. The first-order valence-corrected chi connectivity index (χ1v) is 6.01. The first kappa shape index (κ1) is 11.9. The van der Waals surface area contributed by atoms with Crippen molar-refractivity contribution in [1.82, 2.24) is 4.98 Å². The van der Waals surface area contributed by atoms with Crippen molar-refractivity contribution in [3.05, 3.63) is 35.5 Å². The number of aromatic nitrogens is 1. The molecule has 1 aromatic carbocycles. The van der Waals surface area contributed by atoms with Crippen LogP contribution in [0.4, 0.5) is 5.69 Å². The van der Waals surface area contributed by atoms with E-state index in [2.05, 4.69) is 55.3 Å². The van der Waals surface area contributed by atoms with Crippen LogP contribution in [0.3, 0.4) is 0 Å². The number of benzene rings is 1. The van der Waals surface area contributed by atoms with Gasteiger partial charge in [-0.1, -0.05) is 26.8 Å². The molecule has 0 amide bonds. The minimum absolute atomic E-state index is 0.171. The third-order valence-corrected chi connectivity index (χ3v) is 3.07. The summed E-state index contributed by atoms with van der Waals surface area (Å²) in [6.45, 7) is 8.72. The molecular formula is C15H20N2. The van der Waals surface area contributed by atoms with E-state index in [1.54, 1.807) is 0 Å². The molecule has 2 nitrogen and oxygen atoms in total. The van der Waals surface area contributed by atoms with Gasteiger partial charge in [-0.25, -0.2) is 0 Å². The van der Waals surface area contributed by atoms with Crippen molar-refractivity contribution >= 4 is 16.6 Å². The molecule has 0 aliphatic rings. The Morgan fingerprint density at radius 3 is 2.41 bits per heavy atom. The summed E-state index contributed by atoms with van der Waals surface area (Å²) in [5.41, 5.74) is 4.77. The van der Waals surface area contributed by atoms with Crippen molar-refractivity contribution in [2.45, 2.75) is 33.1 Å². The van der Waals surface area contributed by atoms with Gasteiger partial charge in [-0.05, 0) is 36.1 Å². The second-order valence-corrected chi connectivity index (χ2v) is 5.54. The van der Waals surface area contributed by atoms with Crippen LogP contribution in [0, 0.1) is 6.92 Å². The van der Waals surface area contributed by atoms with Gasteiger partial charge in [-0.3, -0.25) is 4.98 Å². The van der Waals surface area contributed by atoms with Gasteiger partial charge in [0.2, 0.25) is 0 Å². The van der Waals surface area contributed by atoms with Crippen LogP contribution in [0.25, 0.3) is 10.9 Å². The lowest BCUT2D eigenvalue weighted by atomic mass is 9.86. The summed E-state index contributed by atoms with van der Waals surface area (Å²) < 4.78 is 0. The number of nitrogens with zero attached hydrogens (tertiary/aromatic N) is 1. The minimum atomic E-state index is 0.171. The molecule has 0 atom stereocenters. The molecule has 0 saturated heterocycles. The highest BCUT2D eigenvalue weighted by Crippen LogP contribution is 2.29. The van der Waals surface area contributed by atoms with Crippen molar-refractivity contribution in [1.29, 1.82) is 0 Å². The van der Waals surface area contributed by atoms with Gasteiger partial charge < -0.3 is 5.32 Å². The number of hydrogen-bond donors (Lipinski definition) is 1. The predicted octanol–water partition coefficient (Wildman–Crippen LogP) is 3.88. The van der Waals surface area contributed by atoms with Crippen LogP contribution in [0.5, 0.6) is 0 Å². The van der Waals surface area contributed by atoms with Gasteiger partial charge in [0.15, 0.2) is 0 Å². The van der Waals surface area contributed by atoms with Crippen LogP contribution in [0.1, 0.15) is 32.0 Å². The second kappa shape index (κ2) is 4.02. The molecule has 0 spiro atoms. The molecule has 1 heterocycles.